The van der Waals surface area contributed by atoms with Crippen LogP contribution in [0.4, 0.5) is 0 Å². The van der Waals surface area contributed by atoms with E-state index in [0.717, 1.165) is 4.57 Å². The van der Waals surface area contributed by atoms with Gasteiger partial charge in [0.2, 0.25) is 0 Å². The molecule has 3 aromatic heterocycles. The van der Waals surface area contributed by atoms with Crippen LogP contribution in [0, 0.1) is 5.92 Å². The van der Waals surface area contributed by atoms with E-state index in [1.807, 2.05) is 13.8 Å². The number of pyridine rings is 2. The van der Waals surface area contributed by atoms with Gasteiger partial charge in [0.05, 0.1) is 16.6 Å². The van der Waals surface area contributed by atoms with Crippen LogP contribution in [0.15, 0.2) is 40.2 Å². The van der Waals surface area contributed by atoms with Crippen molar-refractivity contribution >= 4 is 17.0 Å². The lowest BCUT2D eigenvalue weighted by Gasteiger charge is -2.15. The monoisotopic (exact) mass is 354 g/mol. The van der Waals surface area contributed by atoms with Crippen molar-refractivity contribution in [3.05, 3.63) is 57.0 Å². The second kappa shape index (κ2) is 6.55. The van der Waals surface area contributed by atoms with Gasteiger partial charge < -0.3 is 5.11 Å². The third-order valence-electron chi connectivity index (χ3n) is 4.03. The maximum Gasteiger partial charge on any atom is 0.336 e. The highest BCUT2D eigenvalue weighted by molar-refractivity contribution is 6.02. The van der Waals surface area contributed by atoms with Crippen LogP contribution in [-0.2, 0) is 13.6 Å². The van der Waals surface area contributed by atoms with Crippen molar-refractivity contribution in [1.82, 2.24) is 19.1 Å². The summed E-state index contributed by atoms with van der Waals surface area (Å²) in [5, 5.41) is 9.56. The Morgan fingerprint density at radius 3 is 2.62 bits per heavy atom. The molecule has 0 aliphatic rings. The highest BCUT2D eigenvalue weighted by Gasteiger charge is 2.21. The Morgan fingerprint density at radius 2 is 2.04 bits per heavy atom. The van der Waals surface area contributed by atoms with E-state index in [2.05, 4.69) is 9.97 Å². The van der Waals surface area contributed by atoms with Crippen molar-refractivity contribution < 1.29 is 9.90 Å². The molecule has 3 rings (SSSR count). The highest BCUT2D eigenvalue weighted by Crippen LogP contribution is 2.22. The van der Waals surface area contributed by atoms with Crippen LogP contribution in [0.1, 0.15) is 24.2 Å². The number of aromatic nitrogens is 4. The van der Waals surface area contributed by atoms with Crippen molar-refractivity contribution in [3.8, 4) is 11.3 Å². The summed E-state index contributed by atoms with van der Waals surface area (Å²) >= 11 is 0. The second-order valence-corrected chi connectivity index (χ2v) is 6.45. The van der Waals surface area contributed by atoms with Gasteiger partial charge in [0.15, 0.2) is 5.65 Å². The van der Waals surface area contributed by atoms with E-state index in [-0.39, 0.29) is 22.5 Å². The predicted octanol–water partition coefficient (Wildman–Crippen LogP) is 1.51. The molecule has 26 heavy (non-hydrogen) atoms. The Labute approximate surface area is 148 Å². The first-order chi connectivity index (χ1) is 12.3. The van der Waals surface area contributed by atoms with Gasteiger partial charge in [-0.1, -0.05) is 13.8 Å². The molecular formula is C18H18N4O4. The summed E-state index contributed by atoms with van der Waals surface area (Å²) in [5.41, 5.74) is -0.372. The van der Waals surface area contributed by atoms with Gasteiger partial charge in [0.25, 0.3) is 5.56 Å². The molecule has 0 atom stereocenters. The molecule has 0 aliphatic heterocycles. The summed E-state index contributed by atoms with van der Waals surface area (Å²) in [6.07, 6.45) is 3.14. The lowest BCUT2D eigenvalue weighted by Crippen LogP contribution is -2.40. The molecule has 0 amide bonds. The SMILES string of the molecule is CC(C)Cn1c(=O)n(C)c(=O)c2c(C(=O)O)cc(-c3cccnc3)nc21. The van der Waals surface area contributed by atoms with E-state index in [0.29, 0.717) is 17.8 Å². The summed E-state index contributed by atoms with van der Waals surface area (Å²) in [6.45, 7) is 4.16. The minimum absolute atomic E-state index is 0.0746. The highest BCUT2D eigenvalue weighted by atomic mass is 16.4. The van der Waals surface area contributed by atoms with Crippen LogP contribution in [0.2, 0.25) is 0 Å². The topological polar surface area (TPSA) is 107 Å². The summed E-state index contributed by atoms with van der Waals surface area (Å²) in [6, 6.07) is 4.78. The van der Waals surface area contributed by atoms with Gasteiger partial charge in [-0.3, -0.25) is 18.9 Å². The van der Waals surface area contributed by atoms with Gasteiger partial charge in [-0.2, -0.15) is 0 Å². The molecule has 8 heteroatoms. The number of nitrogens with zero attached hydrogens (tertiary/aromatic N) is 4. The van der Waals surface area contributed by atoms with E-state index in [1.165, 1.54) is 17.7 Å². The largest absolute Gasteiger partial charge is 0.478 e. The fourth-order valence-corrected chi connectivity index (χ4v) is 2.82. The quantitative estimate of drug-likeness (QED) is 0.761. The molecular weight excluding hydrogens is 336 g/mol. The van der Waals surface area contributed by atoms with Crippen molar-refractivity contribution in [2.45, 2.75) is 20.4 Å². The summed E-state index contributed by atoms with van der Waals surface area (Å²) in [4.78, 5) is 45.5. The Hall–Kier alpha value is -3.29. The maximum atomic E-state index is 12.6. The van der Waals surface area contributed by atoms with Crippen LogP contribution in [0.5, 0.6) is 0 Å². The molecule has 0 aromatic carbocycles. The van der Waals surface area contributed by atoms with Crippen LogP contribution in [0.3, 0.4) is 0 Å². The van der Waals surface area contributed by atoms with Gasteiger partial charge in [-0.05, 0) is 24.1 Å². The van der Waals surface area contributed by atoms with E-state index in [1.54, 1.807) is 24.5 Å². The molecule has 8 nitrogen and oxygen atoms in total. The van der Waals surface area contributed by atoms with Gasteiger partial charge in [0.1, 0.15) is 0 Å². The zero-order valence-corrected chi connectivity index (χ0v) is 14.6. The fraction of sp³-hybridized carbons (Fsp3) is 0.278. The Bertz CT molecular complexity index is 1110. The van der Waals surface area contributed by atoms with E-state index >= 15 is 0 Å². The average Bonchev–Trinajstić information content (AvgIpc) is 2.62. The third-order valence-corrected chi connectivity index (χ3v) is 4.03. The van der Waals surface area contributed by atoms with Crippen LogP contribution in [-0.4, -0.2) is 30.2 Å². The molecule has 0 saturated heterocycles. The Balaban J connectivity index is 2.51. The smallest absolute Gasteiger partial charge is 0.336 e. The second-order valence-electron chi connectivity index (χ2n) is 6.45. The third kappa shape index (κ3) is 2.90. The molecule has 0 aliphatic carbocycles. The molecule has 0 unspecified atom stereocenters. The number of fused-ring (bicyclic) bond motifs is 1. The number of rotatable bonds is 4. The van der Waals surface area contributed by atoms with Crippen LogP contribution < -0.4 is 11.2 Å². The lowest BCUT2D eigenvalue weighted by atomic mass is 10.1. The zero-order chi connectivity index (χ0) is 19.0. The first-order valence-electron chi connectivity index (χ1n) is 8.09. The molecule has 0 fully saturated rings. The fourth-order valence-electron chi connectivity index (χ4n) is 2.82. The minimum Gasteiger partial charge on any atom is -0.478 e. The standard InChI is InChI=1S/C18H18N4O4/c1-10(2)9-22-15-14(16(23)21(3)18(22)26)12(17(24)25)7-13(20-15)11-5-4-6-19-8-11/h4-8,10H,9H2,1-3H3,(H,24,25). The maximum absolute atomic E-state index is 12.6. The molecule has 134 valence electrons. The van der Waals surface area contributed by atoms with Crippen LogP contribution >= 0.6 is 0 Å². The number of hydrogen-bond donors (Lipinski definition) is 1. The number of carbonyl (C=O) groups is 1. The first-order valence-corrected chi connectivity index (χ1v) is 8.09. The van der Waals surface area contributed by atoms with Gasteiger partial charge in [0, 0.05) is 31.5 Å². The van der Waals surface area contributed by atoms with E-state index < -0.39 is 17.2 Å². The normalized spacial score (nSPS) is 11.2. The molecule has 1 N–H and O–H groups in total. The van der Waals surface area contributed by atoms with Gasteiger partial charge >= 0.3 is 11.7 Å². The number of aromatic carboxylic acids is 1. The molecule has 0 saturated carbocycles. The Kier molecular flexibility index (Phi) is 4.41. The number of carboxylic acid groups (broad SMARTS) is 1. The Morgan fingerprint density at radius 1 is 1.31 bits per heavy atom. The summed E-state index contributed by atoms with van der Waals surface area (Å²) < 4.78 is 2.27. The molecule has 3 heterocycles. The summed E-state index contributed by atoms with van der Waals surface area (Å²) in [7, 11) is 1.33. The van der Waals surface area contributed by atoms with Gasteiger partial charge in [-0.25, -0.2) is 14.6 Å². The molecule has 0 spiro atoms. The van der Waals surface area contributed by atoms with Crippen molar-refractivity contribution in [2.24, 2.45) is 13.0 Å². The first kappa shape index (κ1) is 17.5. The summed E-state index contributed by atoms with van der Waals surface area (Å²) in [5.74, 6) is -1.15. The molecule has 0 radical (unpaired) electrons. The lowest BCUT2D eigenvalue weighted by molar-refractivity contribution is 0.0699. The average molecular weight is 354 g/mol. The number of carboxylic acids is 1. The van der Waals surface area contributed by atoms with Crippen molar-refractivity contribution in [1.29, 1.82) is 0 Å². The van der Waals surface area contributed by atoms with Crippen molar-refractivity contribution in [2.75, 3.05) is 0 Å². The minimum atomic E-state index is -1.26. The van der Waals surface area contributed by atoms with Gasteiger partial charge in [-0.15, -0.1) is 0 Å². The predicted molar refractivity (Wildman–Crippen MR) is 96.3 cm³/mol. The molecule has 3 aromatic rings. The van der Waals surface area contributed by atoms with E-state index in [4.69, 9.17) is 0 Å². The van der Waals surface area contributed by atoms with E-state index in [9.17, 15) is 19.5 Å². The van der Waals surface area contributed by atoms with Crippen LogP contribution in [0.25, 0.3) is 22.3 Å². The zero-order valence-electron chi connectivity index (χ0n) is 14.6. The number of hydrogen-bond acceptors (Lipinski definition) is 5. The van der Waals surface area contributed by atoms with Crippen molar-refractivity contribution in [3.63, 3.8) is 0 Å². The molecule has 0 bridgehead atoms.